The summed E-state index contributed by atoms with van der Waals surface area (Å²) in [7, 11) is 2.29. The van der Waals surface area contributed by atoms with Crippen molar-refractivity contribution in [3.63, 3.8) is 0 Å². The highest BCUT2D eigenvalue weighted by Crippen LogP contribution is 2.25. The second-order valence-electron chi connectivity index (χ2n) is 9.51. The molecule has 0 fully saturated rings. The van der Waals surface area contributed by atoms with Gasteiger partial charge < -0.3 is 41.8 Å². The molecular formula is C28H34N4O10S2. The van der Waals surface area contributed by atoms with E-state index < -0.39 is 59.9 Å². The molecule has 0 aliphatic carbocycles. The van der Waals surface area contributed by atoms with E-state index in [4.69, 9.17) is 31.2 Å². The number of aliphatic carboxylic acids is 2. The molecule has 0 aliphatic rings. The highest BCUT2D eigenvalue weighted by Gasteiger charge is 2.25. The Morgan fingerprint density at radius 2 is 1.16 bits per heavy atom. The molecular weight excluding hydrogens is 616 g/mol. The topological polar surface area (TPSA) is 237 Å². The van der Waals surface area contributed by atoms with Gasteiger partial charge in [-0.05, 0) is 48.2 Å². The number of carbonyl (C=O) groups is 6. The number of rotatable bonds is 17. The highest BCUT2D eigenvalue weighted by atomic mass is 33.1. The Bertz CT molecular complexity index is 1340. The summed E-state index contributed by atoms with van der Waals surface area (Å²) >= 11 is 0. The summed E-state index contributed by atoms with van der Waals surface area (Å²) in [5.41, 5.74) is 12.3. The van der Waals surface area contributed by atoms with Gasteiger partial charge in [-0.2, -0.15) is 0 Å². The van der Waals surface area contributed by atoms with Gasteiger partial charge in [0.2, 0.25) is 11.8 Å². The fraction of sp³-hybridized carbons (Fsp3) is 0.357. The second kappa shape index (κ2) is 17.9. The van der Waals surface area contributed by atoms with Crippen molar-refractivity contribution in [2.24, 2.45) is 11.5 Å². The third kappa shape index (κ3) is 13.0. The van der Waals surface area contributed by atoms with E-state index in [9.17, 15) is 28.8 Å². The first-order valence-electron chi connectivity index (χ1n) is 13.1. The Labute approximate surface area is 261 Å². The second-order valence-corrected chi connectivity index (χ2v) is 12.1. The lowest BCUT2D eigenvalue weighted by molar-refractivity contribution is -0.139. The number of amides is 2. The van der Waals surface area contributed by atoms with E-state index in [1.807, 2.05) is 0 Å². The molecule has 2 rings (SSSR count). The molecule has 44 heavy (non-hydrogen) atoms. The molecule has 16 heteroatoms. The van der Waals surface area contributed by atoms with Crippen LogP contribution >= 0.6 is 21.6 Å². The number of benzene rings is 2. The van der Waals surface area contributed by atoms with E-state index in [2.05, 4.69) is 10.6 Å². The van der Waals surface area contributed by atoms with Crippen molar-refractivity contribution in [1.29, 1.82) is 0 Å². The lowest BCUT2D eigenvalue weighted by Crippen LogP contribution is -2.44. The Morgan fingerprint density at radius 1 is 0.705 bits per heavy atom. The Hall–Kier alpha value is -4.12. The van der Waals surface area contributed by atoms with Gasteiger partial charge in [0.15, 0.2) is 0 Å². The Balaban J connectivity index is 1.96. The van der Waals surface area contributed by atoms with Crippen LogP contribution in [0.3, 0.4) is 0 Å². The number of nitrogens with one attached hydrogen (secondary N) is 2. The fourth-order valence-corrected chi connectivity index (χ4v) is 5.84. The summed E-state index contributed by atoms with van der Waals surface area (Å²) < 4.78 is 10.8. The molecule has 0 aromatic heterocycles. The molecule has 4 unspecified atom stereocenters. The van der Waals surface area contributed by atoms with Crippen molar-refractivity contribution in [3.05, 3.63) is 59.7 Å². The van der Waals surface area contributed by atoms with Gasteiger partial charge in [-0.25, -0.2) is 9.59 Å². The summed E-state index contributed by atoms with van der Waals surface area (Å²) in [5, 5.41) is 23.0. The van der Waals surface area contributed by atoms with Gasteiger partial charge in [0.25, 0.3) is 0 Å². The summed E-state index contributed by atoms with van der Waals surface area (Å²) in [6.45, 7) is 2.48. The molecule has 0 bridgehead atoms. The molecule has 238 valence electrons. The van der Waals surface area contributed by atoms with Crippen LogP contribution in [-0.4, -0.2) is 81.6 Å². The number of carbonyl (C=O) groups excluding carboxylic acids is 4. The van der Waals surface area contributed by atoms with Crippen molar-refractivity contribution in [2.45, 2.75) is 50.9 Å². The summed E-state index contributed by atoms with van der Waals surface area (Å²) in [5.74, 6) is -4.34. The van der Waals surface area contributed by atoms with Gasteiger partial charge in [-0.15, -0.1) is 0 Å². The molecule has 0 heterocycles. The van der Waals surface area contributed by atoms with E-state index in [0.29, 0.717) is 11.1 Å². The maximum Gasteiger partial charge on any atom is 0.334 e. The number of hydrogen-bond acceptors (Lipinski definition) is 12. The summed E-state index contributed by atoms with van der Waals surface area (Å²) in [6.07, 6.45) is 0.111. The summed E-state index contributed by atoms with van der Waals surface area (Å²) in [6, 6.07) is 8.01. The molecule has 4 atom stereocenters. The molecule has 0 saturated heterocycles. The van der Waals surface area contributed by atoms with Crippen molar-refractivity contribution in [2.75, 3.05) is 11.5 Å². The number of carboxylic acid groups (broad SMARTS) is 2. The predicted molar refractivity (Wildman–Crippen MR) is 163 cm³/mol. The average molecular weight is 651 g/mol. The number of esters is 2. The SMILES string of the molecule is CC(=O)NC(CSSCC(NC(C)=O)C(=O)Oc1cccc(CC(N)C(=O)O)c1)C(=O)Oc1ccc(CC(N)C(=O)O)cc1. The van der Waals surface area contributed by atoms with Crippen LogP contribution in [0.2, 0.25) is 0 Å². The Morgan fingerprint density at radius 3 is 1.61 bits per heavy atom. The fourth-order valence-electron chi connectivity index (χ4n) is 3.55. The van der Waals surface area contributed by atoms with Crippen LogP contribution in [0.15, 0.2) is 48.5 Å². The molecule has 0 aliphatic heterocycles. The van der Waals surface area contributed by atoms with Crippen molar-refractivity contribution in [3.8, 4) is 11.5 Å². The van der Waals surface area contributed by atoms with Gasteiger partial charge in [-0.3, -0.25) is 19.2 Å². The molecule has 2 aromatic carbocycles. The third-order valence-corrected chi connectivity index (χ3v) is 8.10. The molecule has 8 N–H and O–H groups in total. The van der Waals surface area contributed by atoms with Crippen LogP contribution in [0.5, 0.6) is 11.5 Å². The molecule has 2 aromatic rings. The lowest BCUT2D eigenvalue weighted by atomic mass is 10.1. The third-order valence-electron chi connectivity index (χ3n) is 5.68. The van der Waals surface area contributed by atoms with Gasteiger partial charge in [0.1, 0.15) is 35.7 Å². The number of ether oxygens (including phenoxy) is 2. The van der Waals surface area contributed by atoms with Gasteiger partial charge in [0, 0.05) is 25.4 Å². The predicted octanol–water partition coefficient (Wildman–Crippen LogP) is 0.497. The van der Waals surface area contributed by atoms with Crippen LogP contribution < -0.4 is 31.6 Å². The lowest BCUT2D eigenvalue weighted by Gasteiger charge is -2.18. The molecule has 0 radical (unpaired) electrons. The summed E-state index contributed by atoms with van der Waals surface area (Å²) in [4.78, 5) is 71.1. The van der Waals surface area contributed by atoms with E-state index in [-0.39, 0.29) is 35.8 Å². The number of nitrogens with two attached hydrogens (primary N) is 2. The minimum atomic E-state index is -1.17. The zero-order chi connectivity index (χ0) is 32.8. The van der Waals surface area contributed by atoms with Crippen LogP contribution in [0.4, 0.5) is 0 Å². The van der Waals surface area contributed by atoms with E-state index in [1.54, 1.807) is 24.3 Å². The monoisotopic (exact) mass is 650 g/mol. The van der Waals surface area contributed by atoms with E-state index in [1.165, 1.54) is 38.1 Å². The van der Waals surface area contributed by atoms with Crippen LogP contribution in [0.1, 0.15) is 25.0 Å². The largest absolute Gasteiger partial charge is 0.480 e. The maximum atomic E-state index is 12.8. The zero-order valence-corrected chi connectivity index (χ0v) is 25.5. The smallest absolute Gasteiger partial charge is 0.334 e. The van der Waals surface area contributed by atoms with E-state index in [0.717, 1.165) is 21.6 Å². The zero-order valence-electron chi connectivity index (χ0n) is 23.9. The molecule has 2 amide bonds. The molecule has 14 nitrogen and oxygen atoms in total. The molecule has 0 spiro atoms. The number of hydrogen-bond donors (Lipinski definition) is 6. The minimum absolute atomic E-state index is 0.0209. The van der Waals surface area contributed by atoms with Crippen LogP contribution in [-0.2, 0) is 41.6 Å². The standard InChI is InChI=1S/C28H34N4O10S2/c1-15(33)31-23(27(39)41-19-8-6-17(7-9-19)11-21(29)25(35)36)13-43-44-14-24(32-16(2)34)28(40)42-20-5-3-4-18(10-20)12-22(30)26(37)38/h3-10,21-24H,11-14,29-30H2,1-2H3,(H,31,33)(H,32,34)(H,35,36)(H,37,38). The van der Waals surface area contributed by atoms with Crippen molar-refractivity contribution < 1.29 is 48.5 Å². The number of carboxylic acids is 2. The average Bonchev–Trinajstić information content (AvgIpc) is 2.94. The first-order chi connectivity index (χ1) is 20.7. The highest BCUT2D eigenvalue weighted by molar-refractivity contribution is 8.76. The van der Waals surface area contributed by atoms with Crippen LogP contribution in [0, 0.1) is 0 Å². The van der Waals surface area contributed by atoms with Gasteiger partial charge >= 0.3 is 23.9 Å². The van der Waals surface area contributed by atoms with Crippen molar-refractivity contribution in [1.82, 2.24) is 10.6 Å². The normalized spacial score (nSPS) is 13.5. The first-order valence-corrected chi connectivity index (χ1v) is 15.6. The van der Waals surface area contributed by atoms with Gasteiger partial charge in [0.05, 0.1) is 0 Å². The quantitative estimate of drug-likeness (QED) is 0.0592. The molecule has 0 saturated carbocycles. The van der Waals surface area contributed by atoms with E-state index >= 15 is 0 Å². The first kappa shape index (κ1) is 36.1. The minimum Gasteiger partial charge on any atom is -0.480 e. The van der Waals surface area contributed by atoms with Gasteiger partial charge in [-0.1, -0.05) is 45.9 Å². The van der Waals surface area contributed by atoms with Crippen molar-refractivity contribution >= 4 is 57.3 Å². The maximum absolute atomic E-state index is 12.8. The Kier molecular flexibility index (Phi) is 14.6. The van der Waals surface area contributed by atoms with Crippen LogP contribution in [0.25, 0.3) is 0 Å².